The van der Waals surface area contributed by atoms with Crippen LogP contribution < -0.4 is 15.2 Å². The van der Waals surface area contributed by atoms with Gasteiger partial charge < -0.3 is 20.1 Å². The van der Waals surface area contributed by atoms with E-state index in [4.69, 9.17) is 43.7 Å². The first-order chi connectivity index (χ1) is 16.9. The molecule has 35 heavy (non-hydrogen) atoms. The van der Waals surface area contributed by atoms with Crippen LogP contribution in [-0.4, -0.2) is 32.7 Å². The first-order valence-corrected chi connectivity index (χ1v) is 12.3. The fraction of sp³-hybridized carbons (Fsp3) is 0.333. The first-order valence-electron chi connectivity index (χ1n) is 11.4. The summed E-state index contributed by atoms with van der Waals surface area (Å²) in [5, 5.41) is 9.49. The third-order valence-electron chi connectivity index (χ3n) is 4.69. The van der Waals surface area contributed by atoms with E-state index in [2.05, 4.69) is 30.9 Å². The van der Waals surface area contributed by atoms with E-state index in [1.54, 1.807) is 13.6 Å². The molecule has 8 heteroatoms. The number of hydrogen-bond donors (Lipinski definition) is 1. The average Bonchev–Trinajstić information content (AvgIpc) is 2.86. The highest BCUT2D eigenvalue weighted by molar-refractivity contribution is 6.33. The molecule has 0 aliphatic heterocycles. The second-order valence-corrected chi connectivity index (χ2v) is 8.22. The minimum Gasteiger partial charge on any atom is -0.489 e. The van der Waals surface area contributed by atoms with E-state index in [1.807, 2.05) is 50.2 Å². The maximum Gasteiger partial charge on any atom is 0.271 e. The molecule has 2 N–H and O–H groups in total. The van der Waals surface area contributed by atoms with Crippen molar-refractivity contribution in [3.63, 3.8) is 0 Å². The predicted molar refractivity (Wildman–Crippen MR) is 150 cm³/mol. The van der Waals surface area contributed by atoms with Crippen molar-refractivity contribution in [2.24, 2.45) is 10.6 Å². The fourth-order valence-electron chi connectivity index (χ4n) is 2.99. The Morgan fingerprint density at radius 2 is 2.03 bits per heavy atom. The van der Waals surface area contributed by atoms with Crippen LogP contribution in [0, 0.1) is 18.3 Å². The van der Waals surface area contributed by atoms with Crippen molar-refractivity contribution in [1.29, 1.82) is 5.26 Å². The number of hydrogen-bond acceptors (Lipinski definition) is 5. The van der Waals surface area contributed by atoms with Gasteiger partial charge in [-0.1, -0.05) is 50.0 Å². The minimum absolute atomic E-state index is 0.350. The van der Waals surface area contributed by atoms with Gasteiger partial charge in [0, 0.05) is 18.0 Å². The number of benzene rings is 2. The molecular weight excluding hydrogens is 480 g/mol. The summed E-state index contributed by atoms with van der Waals surface area (Å²) in [6.45, 7) is 8.77. The van der Waals surface area contributed by atoms with Crippen LogP contribution in [0.1, 0.15) is 42.5 Å². The Morgan fingerprint density at radius 3 is 2.63 bits per heavy atom. The number of aryl methyl sites for hydroxylation is 2. The summed E-state index contributed by atoms with van der Waals surface area (Å²) in [4.78, 5) is 4.03. The number of nitriles is 1. The number of ether oxygens (including phenoxy) is 2. The zero-order chi connectivity index (χ0) is 26.1. The Balaban J connectivity index is 0.000000355. The van der Waals surface area contributed by atoms with Gasteiger partial charge in [0.2, 0.25) is 0 Å². The number of nitrogens with two attached hydrogens (primary N) is 1. The van der Waals surface area contributed by atoms with E-state index in [-0.39, 0.29) is 0 Å². The van der Waals surface area contributed by atoms with Gasteiger partial charge in [-0.3, -0.25) is 0 Å². The summed E-state index contributed by atoms with van der Waals surface area (Å²) in [6, 6.07) is 11.8. The van der Waals surface area contributed by atoms with Gasteiger partial charge in [0.05, 0.1) is 16.5 Å². The SMILES string of the molecule is CCCc1cc(Cl)c(OCCCl)c(C#N)c1.C[B]/N=C/C(=C\N)COc1ccc(C)c(/C=C\C)c1. The van der Waals surface area contributed by atoms with Crippen LogP contribution in [0.2, 0.25) is 11.8 Å². The monoisotopic (exact) mass is 512 g/mol. The quantitative estimate of drug-likeness (QED) is 0.204. The van der Waals surface area contributed by atoms with Crippen LogP contribution in [0.5, 0.6) is 11.5 Å². The summed E-state index contributed by atoms with van der Waals surface area (Å²) in [5.41, 5.74) is 10.3. The summed E-state index contributed by atoms with van der Waals surface area (Å²) >= 11 is 11.6. The van der Waals surface area contributed by atoms with E-state index in [0.717, 1.165) is 35.3 Å². The number of alkyl halides is 1. The molecule has 0 bridgehead atoms. The lowest BCUT2D eigenvalue weighted by Gasteiger charge is -2.10. The second kappa shape index (κ2) is 17.5. The van der Waals surface area contributed by atoms with Crippen molar-refractivity contribution in [3.05, 3.63) is 75.5 Å². The Morgan fingerprint density at radius 1 is 1.26 bits per heavy atom. The molecular formula is C27H33BCl2N3O2. The van der Waals surface area contributed by atoms with Gasteiger partial charge >= 0.3 is 0 Å². The van der Waals surface area contributed by atoms with Gasteiger partial charge in [-0.05, 0) is 61.2 Å². The van der Waals surface area contributed by atoms with E-state index in [9.17, 15) is 0 Å². The van der Waals surface area contributed by atoms with E-state index in [1.165, 1.54) is 11.8 Å². The Hall–Kier alpha value is -2.88. The summed E-state index contributed by atoms with van der Waals surface area (Å²) in [7, 11) is 1.71. The van der Waals surface area contributed by atoms with Crippen molar-refractivity contribution in [3.8, 4) is 17.6 Å². The second-order valence-electron chi connectivity index (χ2n) is 7.44. The van der Waals surface area contributed by atoms with E-state index >= 15 is 0 Å². The fourth-order valence-corrected chi connectivity index (χ4v) is 3.36. The minimum atomic E-state index is 0.350. The third kappa shape index (κ3) is 10.9. The van der Waals surface area contributed by atoms with Crippen molar-refractivity contribution < 1.29 is 9.47 Å². The highest BCUT2D eigenvalue weighted by Crippen LogP contribution is 2.30. The Labute approximate surface area is 220 Å². The summed E-state index contributed by atoms with van der Waals surface area (Å²) in [6.07, 6.45) is 9.21. The van der Waals surface area contributed by atoms with Gasteiger partial charge in [-0.15, -0.1) is 11.6 Å². The molecule has 0 unspecified atom stereocenters. The third-order valence-corrected chi connectivity index (χ3v) is 5.13. The van der Waals surface area contributed by atoms with Crippen molar-refractivity contribution in [2.45, 2.75) is 40.4 Å². The van der Waals surface area contributed by atoms with Gasteiger partial charge in [0.15, 0.2) is 5.75 Å². The number of rotatable bonds is 11. The summed E-state index contributed by atoms with van der Waals surface area (Å²) < 4.78 is 11.1. The van der Waals surface area contributed by atoms with E-state index < -0.39 is 0 Å². The van der Waals surface area contributed by atoms with Gasteiger partial charge in [0.25, 0.3) is 7.41 Å². The van der Waals surface area contributed by atoms with Crippen molar-refractivity contribution >= 4 is 42.9 Å². The molecule has 0 fully saturated rings. The average molecular weight is 513 g/mol. The van der Waals surface area contributed by atoms with Gasteiger partial charge in [-0.2, -0.15) is 5.26 Å². The zero-order valence-corrected chi connectivity index (χ0v) is 22.4. The van der Waals surface area contributed by atoms with Crippen molar-refractivity contribution in [2.75, 3.05) is 19.1 Å². The number of allylic oxidation sites excluding steroid dienone is 1. The van der Waals surface area contributed by atoms with Crippen LogP contribution in [0.25, 0.3) is 6.08 Å². The Kier molecular flexibility index (Phi) is 15.1. The summed E-state index contributed by atoms with van der Waals surface area (Å²) in [5.74, 6) is 1.63. The lowest BCUT2D eigenvalue weighted by atomic mass is 10.0. The maximum absolute atomic E-state index is 9.01. The molecule has 0 saturated carbocycles. The molecule has 185 valence electrons. The van der Waals surface area contributed by atoms with Crippen LogP contribution in [-0.2, 0) is 6.42 Å². The number of nitrogens with zero attached hydrogens (tertiary/aromatic N) is 2. The standard InChI is InChI=1S/C15H20BN2O.C12H13Cl2NO/c1-4-5-14-8-15(7-6-12(14)2)19-11-13(9-17)10-18-16-3;1-2-3-9-6-10(8-15)12(11(14)7-9)16-5-4-13/h4-10H,11,17H2,1-3H3;6-7H,2-5H2,1H3/b5-4-,13-9+,18-10+;. The molecule has 0 amide bonds. The molecule has 0 atom stereocenters. The maximum atomic E-state index is 9.01. The van der Waals surface area contributed by atoms with Crippen LogP contribution >= 0.6 is 23.2 Å². The lowest BCUT2D eigenvalue weighted by Crippen LogP contribution is -2.05. The van der Waals surface area contributed by atoms with Crippen LogP contribution in [0.3, 0.4) is 0 Å². The molecule has 0 saturated heterocycles. The molecule has 2 aromatic carbocycles. The highest BCUT2D eigenvalue weighted by Gasteiger charge is 2.10. The predicted octanol–water partition coefficient (Wildman–Crippen LogP) is 6.77. The lowest BCUT2D eigenvalue weighted by molar-refractivity contribution is 0.342. The molecule has 2 aromatic rings. The van der Waals surface area contributed by atoms with Crippen LogP contribution in [0.15, 0.2) is 53.1 Å². The zero-order valence-electron chi connectivity index (χ0n) is 20.9. The van der Waals surface area contributed by atoms with Crippen molar-refractivity contribution in [1.82, 2.24) is 0 Å². The molecule has 0 aliphatic rings. The van der Waals surface area contributed by atoms with Gasteiger partial charge in [-0.25, -0.2) is 0 Å². The molecule has 0 spiro atoms. The van der Waals surface area contributed by atoms with E-state index in [0.29, 0.717) is 35.4 Å². The molecule has 2 rings (SSSR count). The smallest absolute Gasteiger partial charge is 0.271 e. The largest absolute Gasteiger partial charge is 0.489 e. The normalized spacial score (nSPS) is 11.2. The molecule has 0 heterocycles. The molecule has 0 aliphatic carbocycles. The molecule has 0 aromatic heterocycles. The Bertz CT molecular complexity index is 1060. The van der Waals surface area contributed by atoms with Gasteiger partial charge in [0.1, 0.15) is 25.0 Å². The highest BCUT2D eigenvalue weighted by atomic mass is 35.5. The topological polar surface area (TPSA) is 80.6 Å². The number of halogens is 2. The molecule has 5 nitrogen and oxygen atoms in total. The molecule has 1 radical (unpaired) electrons. The van der Waals surface area contributed by atoms with Crippen LogP contribution in [0.4, 0.5) is 0 Å². The first kappa shape index (κ1) is 30.2.